The second-order valence-electron chi connectivity index (χ2n) is 6.31. The van der Waals surface area contributed by atoms with Crippen LogP contribution in [0.4, 0.5) is 5.69 Å². The molecular weight excluding hydrogens is 368 g/mol. The van der Waals surface area contributed by atoms with E-state index in [2.05, 4.69) is 20.4 Å². The second-order valence-corrected chi connectivity index (χ2v) is 6.31. The van der Waals surface area contributed by atoms with Gasteiger partial charge in [-0.3, -0.25) is 9.78 Å². The quantitative estimate of drug-likeness (QED) is 0.536. The van der Waals surface area contributed by atoms with Crippen LogP contribution in [-0.2, 0) is 4.79 Å². The summed E-state index contributed by atoms with van der Waals surface area (Å²) in [5, 5.41) is 6.85. The van der Waals surface area contributed by atoms with E-state index in [0.29, 0.717) is 28.7 Å². The van der Waals surface area contributed by atoms with Crippen molar-refractivity contribution in [1.29, 1.82) is 0 Å². The number of carbonyl (C=O) groups is 1. The number of rotatable bonds is 6. The number of ether oxygens (including phenoxy) is 1. The molecule has 0 bridgehead atoms. The molecule has 0 aliphatic rings. The number of amides is 1. The fourth-order valence-electron chi connectivity index (χ4n) is 2.77. The average Bonchev–Trinajstić information content (AvgIpc) is 3.24. The number of aromatic nitrogens is 3. The molecule has 0 atom stereocenters. The summed E-state index contributed by atoms with van der Waals surface area (Å²) < 4.78 is 11.0. The smallest absolute Gasteiger partial charge is 0.262 e. The molecule has 0 saturated carbocycles. The van der Waals surface area contributed by atoms with Gasteiger partial charge in [0.15, 0.2) is 6.61 Å². The summed E-state index contributed by atoms with van der Waals surface area (Å²) in [7, 11) is 0. The van der Waals surface area contributed by atoms with Crippen molar-refractivity contribution in [3.63, 3.8) is 0 Å². The molecule has 0 aliphatic heterocycles. The topological polar surface area (TPSA) is 90.1 Å². The van der Waals surface area contributed by atoms with Crippen molar-refractivity contribution < 1.29 is 14.1 Å². The summed E-state index contributed by atoms with van der Waals surface area (Å²) in [5.41, 5.74) is 2.90. The zero-order valence-electron chi connectivity index (χ0n) is 15.7. The van der Waals surface area contributed by atoms with E-state index in [0.717, 1.165) is 11.1 Å². The standard InChI is InChI=1S/C22H18N4O3/c1-15-7-2-5-11-19(15)28-14-20(27)24-18-10-4-3-9-17(18)22-25-21(26-29-22)16-8-6-12-23-13-16/h2-13H,14H2,1H3,(H,24,27). The monoisotopic (exact) mass is 386 g/mol. The van der Waals surface area contributed by atoms with E-state index in [4.69, 9.17) is 9.26 Å². The molecule has 2 aromatic carbocycles. The fraction of sp³-hybridized carbons (Fsp3) is 0.0909. The van der Waals surface area contributed by atoms with Gasteiger partial charge in [0.2, 0.25) is 5.82 Å². The van der Waals surface area contributed by atoms with Gasteiger partial charge in [-0.2, -0.15) is 4.98 Å². The minimum absolute atomic E-state index is 0.107. The number of carbonyl (C=O) groups excluding carboxylic acids is 1. The molecule has 0 unspecified atom stereocenters. The maximum absolute atomic E-state index is 12.4. The molecule has 7 heteroatoms. The first-order valence-corrected chi connectivity index (χ1v) is 9.02. The van der Waals surface area contributed by atoms with Crippen molar-refractivity contribution in [2.75, 3.05) is 11.9 Å². The zero-order valence-corrected chi connectivity index (χ0v) is 15.7. The first-order valence-electron chi connectivity index (χ1n) is 9.02. The van der Waals surface area contributed by atoms with Crippen molar-refractivity contribution in [3.8, 4) is 28.6 Å². The Labute approximate surface area is 167 Å². The van der Waals surface area contributed by atoms with E-state index >= 15 is 0 Å². The van der Waals surface area contributed by atoms with Crippen molar-refractivity contribution >= 4 is 11.6 Å². The SMILES string of the molecule is Cc1ccccc1OCC(=O)Nc1ccccc1-c1nc(-c2cccnc2)no1. The Morgan fingerprint density at radius 1 is 1.07 bits per heavy atom. The number of pyridine rings is 1. The number of nitrogens with one attached hydrogen (secondary N) is 1. The van der Waals surface area contributed by atoms with Gasteiger partial charge in [-0.15, -0.1) is 0 Å². The van der Waals surface area contributed by atoms with Crippen LogP contribution in [0.2, 0.25) is 0 Å². The summed E-state index contributed by atoms with van der Waals surface area (Å²) >= 11 is 0. The lowest BCUT2D eigenvalue weighted by molar-refractivity contribution is -0.118. The molecule has 1 amide bonds. The molecule has 144 valence electrons. The van der Waals surface area contributed by atoms with E-state index in [1.165, 1.54) is 0 Å². The van der Waals surface area contributed by atoms with Gasteiger partial charge in [-0.25, -0.2) is 0 Å². The Kier molecular flexibility index (Phi) is 5.29. The van der Waals surface area contributed by atoms with E-state index in [9.17, 15) is 4.79 Å². The highest BCUT2D eigenvalue weighted by atomic mass is 16.5. The fourth-order valence-corrected chi connectivity index (χ4v) is 2.77. The molecule has 1 N–H and O–H groups in total. The van der Waals surface area contributed by atoms with Crippen molar-refractivity contribution in [2.24, 2.45) is 0 Å². The third-order valence-electron chi connectivity index (χ3n) is 4.23. The molecule has 4 aromatic rings. The van der Waals surface area contributed by atoms with Gasteiger partial charge < -0.3 is 14.6 Å². The third-order valence-corrected chi connectivity index (χ3v) is 4.23. The maximum Gasteiger partial charge on any atom is 0.262 e. The summed E-state index contributed by atoms with van der Waals surface area (Å²) in [6.07, 6.45) is 3.33. The molecule has 4 rings (SSSR count). The number of anilines is 1. The van der Waals surface area contributed by atoms with Gasteiger partial charge in [0.25, 0.3) is 11.8 Å². The van der Waals surface area contributed by atoms with Crippen LogP contribution in [-0.4, -0.2) is 27.6 Å². The largest absolute Gasteiger partial charge is 0.483 e. The summed E-state index contributed by atoms with van der Waals surface area (Å²) in [6, 6.07) is 18.4. The number of benzene rings is 2. The molecule has 29 heavy (non-hydrogen) atoms. The minimum Gasteiger partial charge on any atom is -0.483 e. The number of hydrogen-bond acceptors (Lipinski definition) is 6. The molecule has 2 aromatic heterocycles. The summed E-state index contributed by atoms with van der Waals surface area (Å²) in [4.78, 5) is 20.9. The van der Waals surface area contributed by atoms with Crippen LogP contribution in [0.25, 0.3) is 22.8 Å². The Hall–Kier alpha value is -4.00. The van der Waals surface area contributed by atoms with Crippen LogP contribution in [0.15, 0.2) is 77.6 Å². The van der Waals surface area contributed by atoms with Crippen LogP contribution < -0.4 is 10.1 Å². The summed E-state index contributed by atoms with van der Waals surface area (Å²) in [6.45, 7) is 1.82. The highest BCUT2D eigenvalue weighted by Gasteiger charge is 2.15. The first-order chi connectivity index (χ1) is 14.2. The molecule has 7 nitrogen and oxygen atoms in total. The van der Waals surface area contributed by atoms with Gasteiger partial charge in [0, 0.05) is 18.0 Å². The number of nitrogens with zero attached hydrogens (tertiary/aromatic N) is 3. The van der Waals surface area contributed by atoms with E-state index in [-0.39, 0.29) is 12.5 Å². The number of para-hydroxylation sites is 2. The molecular formula is C22H18N4O3. The zero-order chi connectivity index (χ0) is 20.1. The lowest BCUT2D eigenvalue weighted by Crippen LogP contribution is -2.20. The van der Waals surface area contributed by atoms with Crippen molar-refractivity contribution in [3.05, 3.63) is 78.6 Å². The number of aryl methyl sites for hydroxylation is 1. The molecule has 0 radical (unpaired) electrons. The molecule has 0 saturated heterocycles. The Balaban J connectivity index is 1.49. The molecule has 0 spiro atoms. The molecule has 0 fully saturated rings. The summed E-state index contributed by atoms with van der Waals surface area (Å²) in [5.74, 6) is 1.12. The average molecular weight is 386 g/mol. The lowest BCUT2D eigenvalue weighted by atomic mass is 10.1. The van der Waals surface area contributed by atoms with E-state index < -0.39 is 0 Å². The van der Waals surface area contributed by atoms with Gasteiger partial charge in [0.05, 0.1) is 11.3 Å². The van der Waals surface area contributed by atoms with Crippen LogP contribution in [0, 0.1) is 6.92 Å². The highest BCUT2D eigenvalue weighted by molar-refractivity contribution is 5.95. The normalized spacial score (nSPS) is 10.5. The maximum atomic E-state index is 12.4. The number of hydrogen-bond donors (Lipinski definition) is 1. The Morgan fingerprint density at radius 2 is 1.90 bits per heavy atom. The van der Waals surface area contributed by atoms with E-state index in [1.807, 2.05) is 49.4 Å². The molecule has 2 heterocycles. The lowest BCUT2D eigenvalue weighted by Gasteiger charge is -2.11. The highest BCUT2D eigenvalue weighted by Crippen LogP contribution is 2.28. The predicted octanol–water partition coefficient (Wildman–Crippen LogP) is 4.12. The van der Waals surface area contributed by atoms with Gasteiger partial charge >= 0.3 is 0 Å². The van der Waals surface area contributed by atoms with E-state index in [1.54, 1.807) is 30.6 Å². The minimum atomic E-state index is -0.285. The van der Waals surface area contributed by atoms with Gasteiger partial charge in [-0.05, 0) is 42.8 Å². The Morgan fingerprint density at radius 3 is 2.72 bits per heavy atom. The van der Waals surface area contributed by atoms with Crippen LogP contribution >= 0.6 is 0 Å². The molecule has 0 aliphatic carbocycles. The van der Waals surface area contributed by atoms with Crippen LogP contribution in [0.3, 0.4) is 0 Å². The van der Waals surface area contributed by atoms with Crippen LogP contribution in [0.1, 0.15) is 5.56 Å². The van der Waals surface area contributed by atoms with Crippen molar-refractivity contribution in [1.82, 2.24) is 15.1 Å². The van der Waals surface area contributed by atoms with Crippen molar-refractivity contribution in [2.45, 2.75) is 6.92 Å². The van der Waals surface area contributed by atoms with Crippen LogP contribution in [0.5, 0.6) is 5.75 Å². The van der Waals surface area contributed by atoms with Gasteiger partial charge in [-0.1, -0.05) is 35.5 Å². The first kappa shape index (κ1) is 18.4. The Bertz CT molecular complexity index is 1130. The van der Waals surface area contributed by atoms with Gasteiger partial charge in [0.1, 0.15) is 5.75 Å². The second kappa shape index (κ2) is 8.35. The third kappa shape index (κ3) is 4.30. The predicted molar refractivity (Wildman–Crippen MR) is 108 cm³/mol.